The maximum absolute atomic E-state index is 10.0. The quantitative estimate of drug-likeness (QED) is 0.555. The number of aliphatic hydroxyl groups is 1. The Morgan fingerprint density at radius 1 is 1.33 bits per heavy atom. The van der Waals surface area contributed by atoms with Crippen LogP contribution in [0.3, 0.4) is 0 Å². The minimum Gasteiger partial charge on any atom is -0.391 e. The molecule has 1 N–H and O–H groups in total. The molecule has 3 aliphatic carbocycles. The third-order valence-corrected chi connectivity index (χ3v) is 4.67. The van der Waals surface area contributed by atoms with Gasteiger partial charge in [0.15, 0.2) is 0 Å². The van der Waals surface area contributed by atoms with Crippen LogP contribution in [0.2, 0.25) is 0 Å². The smallest absolute Gasteiger partial charge is 0.0715 e. The first-order valence-electron chi connectivity index (χ1n) is 4.76. The zero-order valence-corrected chi connectivity index (χ0v) is 8.94. The SMILES string of the molecule is CC1(C)[C@@H]2C[C@H]1[C@@H](O)[C@@](C)(S)C2. The highest BCUT2D eigenvalue weighted by atomic mass is 32.1. The van der Waals surface area contributed by atoms with Gasteiger partial charge in [0, 0.05) is 4.75 Å². The van der Waals surface area contributed by atoms with Gasteiger partial charge in [-0.2, -0.15) is 12.6 Å². The number of thiol groups is 1. The van der Waals surface area contributed by atoms with Crippen LogP contribution in [-0.2, 0) is 0 Å². The van der Waals surface area contributed by atoms with Gasteiger partial charge in [-0.25, -0.2) is 0 Å². The van der Waals surface area contributed by atoms with Crippen LogP contribution in [0, 0.1) is 17.3 Å². The standard InChI is InChI=1S/C10H18OS/c1-9(2)6-4-7(9)8(11)10(3,12)5-6/h6-8,11-12H,4-5H2,1-3H3/t6-,7+,8-,10+/m1/s1. The summed E-state index contributed by atoms with van der Waals surface area (Å²) in [5.41, 5.74) is 0.363. The van der Waals surface area contributed by atoms with E-state index in [0.717, 1.165) is 12.3 Å². The molecule has 1 nitrogen and oxygen atoms in total. The summed E-state index contributed by atoms with van der Waals surface area (Å²) in [4.78, 5) is 0. The molecule has 0 spiro atoms. The van der Waals surface area contributed by atoms with E-state index in [1.807, 2.05) is 0 Å². The van der Waals surface area contributed by atoms with E-state index >= 15 is 0 Å². The number of rotatable bonds is 0. The van der Waals surface area contributed by atoms with Gasteiger partial charge < -0.3 is 5.11 Å². The summed E-state index contributed by atoms with van der Waals surface area (Å²) in [5, 5.41) is 10.0. The number of hydrogen-bond donors (Lipinski definition) is 2. The highest BCUT2D eigenvalue weighted by Gasteiger charge is 2.60. The van der Waals surface area contributed by atoms with Crippen LogP contribution in [0.4, 0.5) is 0 Å². The van der Waals surface area contributed by atoms with Gasteiger partial charge in [0.1, 0.15) is 0 Å². The molecule has 0 unspecified atom stereocenters. The van der Waals surface area contributed by atoms with Gasteiger partial charge in [-0.15, -0.1) is 0 Å². The van der Waals surface area contributed by atoms with E-state index in [9.17, 15) is 5.11 Å². The molecule has 0 aromatic carbocycles. The Bertz CT molecular complexity index is 202. The Hall–Kier alpha value is 0.310. The lowest BCUT2D eigenvalue weighted by Gasteiger charge is -2.63. The molecular weight excluding hydrogens is 168 g/mol. The molecule has 4 atom stereocenters. The summed E-state index contributed by atoms with van der Waals surface area (Å²) >= 11 is 4.53. The van der Waals surface area contributed by atoms with Crippen molar-refractivity contribution in [3.05, 3.63) is 0 Å². The predicted octanol–water partition coefficient (Wildman–Crippen LogP) is 2.10. The Morgan fingerprint density at radius 3 is 2.25 bits per heavy atom. The lowest BCUT2D eigenvalue weighted by molar-refractivity contribution is -0.154. The van der Waals surface area contributed by atoms with Crippen molar-refractivity contribution in [3.8, 4) is 0 Å². The van der Waals surface area contributed by atoms with E-state index in [-0.39, 0.29) is 10.9 Å². The Kier molecular flexibility index (Phi) is 1.64. The van der Waals surface area contributed by atoms with Crippen molar-refractivity contribution >= 4 is 12.6 Å². The van der Waals surface area contributed by atoms with Crippen molar-refractivity contribution in [2.45, 2.75) is 44.5 Å². The molecule has 0 aliphatic heterocycles. The molecular formula is C10H18OS. The van der Waals surface area contributed by atoms with E-state index in [4.69, 9.17) is 0 Å². The third-order valence-electron chi connectivity index (χ3n) is 4.22. The van der Waals surface area contributed by atoms with Crippen LogP contribution in [0.25, 0.3) is 0 Å². The Balaban J connectivity index is 2.23. The number of hydrogen-bond acceptors (Lipinski definition) is 2. The first kappa shape index (κ1) is 8.89. The predicted molar refractivity (Wildman–Crippen MR) is 53.4 cm³/mol. The van der Waals surface area contributed by atoms with Crippen molar-refractivity contribution in [2.75, 3.05) is 0 Å². The van der Waals surface area contributed by atoms with Crippen molar-refractivity contribution < 1.29 is 5.11 Å². The first-order chi connectivity index (χ1) is 5.36. The molecule has 3 rings (SSSR count). The number of fused-ring (bicyclic) bond motifs is 2. The maximum Gasteiger partial charge on any atom is 0.0715 e. The topological polar surface area (TPSA) is 20.2 Å². The van der Waals surface area contributed by atoms with Gasteiger partial charge in [-0.05, 0) is 37.0 Å². The lowest BCUT2D eigenvalue weighted by Crippen LogP contribution is -2.63. The van der Waals surface area contributed by atoms with Crippen LogP contribution < -0.4 is 0 Å². The van der Waals surface area contributed by atoms with Gasteiger partial charge in [0.25, 0.3) is 0 Å². The minimum atomic E-state index is -0.208. The highest BCUT2D eigenvalue weighted by molar-refractivity contribution is 7.81. The second kappa shape index (κ2) is 2.21. The average molecular weight is 186 g/mol. The molecule has 0 aromatic heterocycles. The van der Waals surface area contributed by atoms with Crippen molar-refractivity contribution in [3.63, 3.8) is 0 Å². The zero-order chi connectivity index (χ0) is 9.15. The van der Waals surface area contributed by atoms with Crippen LogP contribution in [-0.4, -0.2) is 16.0 Å². The van der Waals surface area contributed by atoms with E-state index in [1.54, 1.807) is 0 Å². The molecule has 2 heteroatoms. The fourth-order valence-corrected chi connectivity index (χ4v) is 3.39. The van der Waals surface area contributed by atoms with Crippen LogP contribution in [0.1, 0.15) is 33.6 Å². The third kappa shape index (κ3) is 0.912. The molecule has 3 fully saturated rings. The summed E-state index contributed by atoms with van der Waals surface area (Å²) in [6, 6.07) is 0. The summed E-state index contributed by atoms with van der Waals surface area (Å²) in [7, 11) is 0. The second-order valence-corrected chi connectivity index (χ2v) is 6.39. The molecule has 70 valence electrons. The van der Waals surface area contributed by atoms with Crippen LogP contribution in [0.5, 0.6) is 0 Å². The van der Waals surface area contributed by atoms with E-state index in [1.165, 1.54) is 6.42 Å². The zero-order valence-electron chi connectivity index (χ0n) is 8.04. The van der Waals surface area contributed by atoms with Gasteiger partial charge in [-0.3, -0.25) is 0 Å². The second-order valence-electron chi connectivity index (χ2n) is 5.37. The summed E-state index contributed by atoms with van der Waals surface area (Å²) in [5.74, 6) is 1.27. The maximum atomic E-state index is 10.0. The largest absolute Gasteiger partial charge is 0.391 e. The molecule has 2 bridgehead atoms. The van der Waals surface area contributed by atoms with Crippen molar-refractivity contribution in [1.82, 2.24) is 0 Å². The Labute approximate surface area is 80.0 Å². The monoisotopic (exact) mass is 186 g/mol. The van der Waals surface area contributed by atoms with Gasteiger partial charge >= 0.3 is 0 Å². The average Bonchev–Trinajstić information content (AvgIpc) is 1.93. The highest BCUT2D eigenvalue weighted by Crippen LogP contribution is 2.62. The molecule has 0 heterocycles. The lowest BCUT2D eigenvalue weighted by atomic mass is 9.45. The summed E-state index contributed by atoms with van der Waals surface area (Å²) in [6.45, 7) is 6.62. The number of aliphatic hydroxyl groups excluding tert-OH is 1. The van der Waals surface area contributed by atoms with E-state index < -0.39 is 0 Å². The van der Waals surface area contributed by atoms with E-state index in [0.29, 0.717) is 11.3 Å². The van der Waals surface area contributed by atoms with Gasteiger partial charge in [0.2, 0.25) is 0 Å². The van der Waals surface area contributed by atoms with Crippen LogP contribution in [0.15, 0.2) is 0 Å². The fourth-order valence-electron chi connectivity index (χ4n) is 2.99. The van der Waals surface area contributed by atoms with Crippen molar-refractivity contribution in [1.29, 1.82) is 0 Å². The van der Waals surface area contributed by atoms with Gasteiger partial charge in [0.05, 0.1) is 6.10 Å². The summed E-state index contributed by atoms with van der Waals surface area (Å²) in [6.07, 6.45) is 2.08. The molecule has 3 saturated carbocycles. The molecule has 0 amide bonds. The fraction of sp³-hybridized carbons (Fsp3) is 1.00. The normalized spacial score (nSPS) is 56.2. The minimum absolute atomic E-state index is 0.136. The molecule has 0 radical (unpaired) electrons. The molecule has 0 aromatic rings. The van der Waals surface area contributed by atoms with E-state index in [2.05, 4.69) is 33.4 Å². The van der Waals surface area contributed by atoms with Gasteiger partial charge in [-0.1, -0.05) is 13.8 Å². The Morgan fingerprint density at radius 2 is 1.92 bits per heavy atom. The summed E-state index contributed by atoms with van der Waals surface area (Å²) < 4.78 is -0.136. The molecule has 3 aliphatic rings. The molecule has 0 saturated heterocycles. The first-order valence-corrected chi connectivity index (χ1v) is 5.21. The molecule has 12 heavy (non-hydrogen) atoms. The van der Waals surface area contributed by atoms with Crippen molar-refractivity contribution in [2.24, 2.45) is 17.3 Å². The van der Waals surface area contributed by atoms with Crippen LogP contribution >= 0.6 is 12.6 Å².